The molecule has 0 unspecified atom stereocenters. The van der Waals surface area contributed by atoms with Crippen molar-refractivity contribution in [3.05, 3.63) is 0 Å². The molecular weight excluding hydrogens is 469 g/mol. The lowest BCUT2D eigenvalue weighted by Gasteiger charge is -2.32. The van der Waals surface area contributed by atoms with Crippen molar-refractivity contribution in [2.75, 3.05) is 13.1 Å². The third-order valence-electron chi connectivity index (χ3n) is 2.29. The van der Waals surface area contributed by atoms with Gasteiger partial charge in [-0.3, -0.25) is 0 Å². The molecule has 0 aliphatic heterocycles. The Morgan fingerprint density at radius 1 is 0.909 bits per heavy atom. The van der Waals surface area contributed by atoms with Gasteiger partial charge in [0.1, 0.15) is 0 Å². The van der Waals surface area contributed by atoms with E-state index in [0.717, 1.165) is 13.8 Å². The Hall–Kier alpha value is 0.0400. The van der Waals surface area contributed by atoms with Crippen LogP contribution in [0, 0.1) is 0 Å². The van der Waals surface area contributed by atoms with Crippen molar-refractivity contribution in [3.63, 3.8) is 0 Å². The summed E-state index contributed by atoms with van der Waals surface area (Å²) in [4.78, 5) is 0. The zero-order valence-corrected chi connectivity index (χ0v) is 13.9. The summed E-state index contributed by atoms with van der Waals surface area (Å²) >= 11 is -0.310. The second kappa shape index (κ2) is 6.51. The molecule has 0 atom stereocenters. The summed E-state index contributed by atoms with van der Waals surface area (Å²) in [6.07, 6.45) is -12.4. The number of nitrogens with zero attached hydrogens (tertiary/aromatic N) is 1. The molecule has 0 fully saturated rings. The first-order valence-electron chi connectivity index (χ1n) is 5.38. The lowest BCUT2D eigenvalue weighted by molar-refractivity contribution is -0.438. The van der Waals surface area contributed by atoms with Crippen LogP contribution in [-0.2, 0) is 14.8 Å². The average molecular weight is 479 g/mol. The maximum absolute atomic E-state index is 13.4. The normalized spacial score (nSPS) is 15.5. The molecular formula is C8H10F8INO3S. The van der Waals surface area contributed by atoms with Gasteiger partial charge in [-0.15, -0.1) is 0 Å². The molecule has 0 aliphatic rings. The third kappa shape index (κ3) is 3.92. The van der Waals surface area contributed by atoms with E-state index < -0.39 is 44.5 Å². The van der Waals surface area contributed by atoms with Gasteiger partial charge < -0.3 is 0 Å². The van der Waals surface area contributed by atoms with Crippen molar-refractivity contribution < 1.29 is 48.3 Å². The third-order valence-corrected chi connectivity index (χ3v) is 5.00. The molecule has 4 nitrogen and oxygen atoms in total. The van der Waals surface area contributed by atoms with Crippen LogP contribution in [-0.4, -0.2) is 47.2 Å². The summed E-state index contributed by atoms with van der Waals surface area (Å²) in [5, 5.41) is -6.18. The number of hydrogen-bond donors (Lipinski definition) is 0. The first-order chi connectivity index (χ1) is 9.48. The van der Waals surface area contributed by atoms with Gasteiger partial charge in [-0.25, -0.2) is 13.2 Å². The van der Waals surface area contributed by atoms with Crippen LogP contribution < -0.4 is 0 Å². The Morgan fingerprint density at radius 3 is 1.55 bits per heavy atom. The number of rotatable bonds is 8. The molecule has 0 heterocycles. The zero-order valence-electron chi connectivity index (χ0n) is 10.9. The van der Waals surface area contributed by atoms with E-state index in [0.29, 0.717) is 0 Å². The van der Waals surface area contributed by atoms with Crippen molar-refractivity contribution in [2.45, 2.75) is 35.2 Å². The summed E-state index contributed by atoms with van der Waals surface area (Å²) in [6, 6.07) is 0. The van der Waals surface area contributed by atoms with Gasteiger partial charge in [-0.2, -0.15) is 39.4 Å². The molecule has 0 saturated carbocycles. The molecule has 0 bridgehead atoms. The Bertz CT molecular complexity index is 488. The van der Waals surface area contributed by atoms with Gasteiger partial charge in [0.15, 0.2) is 0 Å². The highest BCUT2D eigenvalue weighted by Crippen LogP contribution is 2.49. The molecule has 0 saturated heterocycles. The minimum atomic E-state index is -6.40. The smallest absolute Gasteiger partial charge is 0.244 e. The minimum absolute atomic E-state index is 0.148. The summed E-state index contributed by atoms with van der Waals surface area (Å²) in [5.74, 6) is 0. The molecule has 0 rings (SSSR count). The summed E-state index contributed by atoms with van der Waals surface area (Å²) in [7, 11) is -6.13. The highest BCUT2D eigenvalue weighted by molar-refractivity contribution is 14.1. The van der Waals surface area contributed by atoms with Gasteiger partial charge in [0, 0.05) is 35.7 Å². The lowest BCUT2D eigenvalue weighted by Crippen LogP contribution is -2.58. The van der Waals surface area contributed by atoms with Gasteiger partial charge in [-0.1, -0.05) is 13.8 Å². The fraction of sp³-hybridized carbons (Fsp3) is 1.00. The maximum Gasteiger partial charge on any atom is 0.448 e. The number of alkyl halides is 9. The van der Waals surface area contributed by atoms with E-state index in [1.165, 1.54) is 0 Å². The first-order valence-corrected chi connectivity index (χ1v) is 7.89. The molecule has 0 aliphatic carbocycles. The standard InChI is InChI=1S/C8H10F8INO3S/c1-3-18(4-2)22(19,20)8(15,16)7(13,14)21-6(11,12)5(9,10)17/h3-4H2,1-2H3. The number of halogens is 9. The number of hydrogen-bond acceptors (Lipinski definition) is 3. The van der Waals surface area contributed by atoms with E-state index in [2.05, 4.69) is 4.74 Å². The SMILES string of the molecule is CCN(CC)S(=O)(=O)C(F)(F)C(F)(F)OC(F)(F)C(F)(F)I. The van der Waals surface area contributed by atoms with E-state index >= 15 is 0 Å². The lowest BCUT2D eigenvalue weighted by atomic mass is 10.6. The largest absolute Gasteiger partial charge is 0.448 e. The first kappa shape index (κ1) is 22.0. The van der Waals surface area contributed by atoms with Gasteiger partial charge in [0.2, 0.25) is 0 Å². The topological polar surface area (TPSA) is 46.6 Å². The van der Waals surface area contributed by atoms with Crippen molar-refractivity contribution in [1.82, 2.24) is 4.31 Å². The van der Waals surface area contributed by atoms with Gasteiger partial charge in [0.25, 0.3) is 10.0 Å². The van der Waals surface area contributed by atoms with Gasteiger partial charge >= 0.3 is 21.4 Å². The predicted octanol–water partition coefficient (Wildman–Crippen LogP) is 3.48. The highest BCUT2D eigenvalue weighted by Gasteiger charge is 2.74. The Kier molecular flexibility index (Phi) is 6.52. The van der Waals surface area contributed by atoms with E-state index in [4.69, 9.17) is 0 Å². The van der Waals surface area contributed by atoms with Crippen LogP contribution >= 0.6 is 22.6 Å². The molecule has 0 radical (unpaired) electrons. The van der Waals surface area contributed by atoms with Crippen LogP contribution in [0.1, 0.15) is 13.8 Å². The molecule has 22 heavy (non-hydrogen) atoms. The molecule has 14 heteroatoms. The fourth-order valence-electron chi connectivity index (χ4n) is 1.15. The van der Waals surface area contributed by atoms with Crippen LogP contribution in [0.15, 0.2) is 0 Å². The number of sulfonamides is 1. The Balaban J connectivity index is 5.79. The molecule has 0 aromatic carbocycles. The molecule has 0 aromatic heterocycles. The van der Waals surface area contributed by atoms with Crippen LogP contribution in [0.4, 0.5) is 35.1 Å². The molecule has 0 aromatic rings. The Labute approximate surface area is 134 Å². The number of ether oxygens (including phenoxy) is 1. The zero-order chi connectivity index (χ0) is 18.2. The van der Waals surface area contributed by atoms with Crippen molar-refractivity contribution in [3.8, 4) is 0 Å². The fourth-order valence-corrected chi connectivity index (χ4v) is 2.61. The van der Waals surface area contributed by atoms with E-state index in [1.54, 1.807) is 0 Å². The van der Waals surface area contributed by atoms with Crippen molar-refractivity contribution >= 4 is 32.6 Å². The molecule has 0 N–H and O–H groups in total. The van der Waals surface area contributed by atoms with Crippen LogP contribution in [0.2, 0.25) is 0 Å². The van der Waals surface area contributed by atoms with Crippen molar-refractivity contribution in [2.24, 2.45) is 0 Å². The van der Waals surface area contributed by atoms with E-state index in [-0.39, 0.29) is 26.9 Å². The summed E-state index contributed by atoms with van der Waals surface area (Å²) in [5.41, 5.74) is 0. The highest BCUT2D eigenvalue weighted by atomic mass is 127. The minimum Gasteiger partial charge on any atom is -0.244 e. The summed E-state index contributed by atoms with van der Waals surface area (Å²) < 4.78 is 123. The second-order valence-electron chi connectivity index (χ2n) is 3.74. The monoisotopic (exact) mass is 479 g/mol. The Morgan fingerprint density at radius 2 is 1.27 bits per heavy atom. The average Bonchev–Trinajstić information content (AvgIpc) is 2.26. The predicted molar refractivity (Wildman–Crippen MR) is 66.7 cm³/mol. The van der Waals surface area contributed by atoms with Crippen LogP contribution in [0.5, 0.6) is 0 Å². The van der Waals surface area contributed by atoms with Crippen molar-refractivity contribution in [1.29, 1.82) is 0 Å². The van der Waals surface area contributed by atoms with E-state index in [9.17, 15) is 43.5 Å². The molecule has 0 spiro atoms. The quantitative estimate of drug-likeness (QED) is 0.305. The maximum atomic E-state index is 13.4. The van der Waals surface area contributed by atoms with Crippen LogP contribution in [0.3, 0.4) is 0 Å². The van der Waals surface area contributed by atoms with Gasteiger partial charge in [-0.05, 0) is 0 Å². The van der Waals surface area contributed by atoms with Crippen LogP contribution in [0.25, 0.3) is 0 Å². The summed E-state index contributed by atoms with van der Waals surface area (Å²) in [6.45, 7) is 0.681. The molecule has 134 valence electrons. The van der Waals surface area contributed by atoms with Gasteiger partial charge in [0.05, 0.1) is 0 Å². The second-order valence-corrected chi connectivity index (χ2v) is 7.07. The molecule has 0 amide bonds. The van der Waals surface area contributed by atoms with E-state index in [1.807, 2.05) is 0 Å².